The van der Waals surface area contributed by atoms with E-state index in [1.165, 1.54) is 23.1 Å². The monoisotopic (exact) mass is 388 g/mol. The third kappa shape index (κ3) is 3.86. The van der Waals surface area contributed by atoms with Gasteiger partial charge in [0.1, 0.15) is 24.7 Å². The predicted octanol–water partition coefficient (Wildman–Crippen LogP) is 4.21. The third-order valence-corrected chi connectivity index (χ3v) is 5.38. The van der Waals surface area contributed by atoms with E-state index >= 15 is 0 Å². The Hall–Kier alpha value is -2.45. The second kappa shape index (κ2) is 7.43. The molecule has 3 heterocycles. The van der Waals surface area contributed by atoms with Crippen molar-refractivity contribution in [3.8, 4) is 23.0 Å². The molecule has 2 aromatic heterocycles. The second-order valence-electron chi connectivity index (χ2n) is 5.59. The standard InChI is InChI=1S/C18H16N2O4S2/c1-11-2-4-14(24-11)13-9-26-18(19-13)20-17(21)10-25-12-3-5-15-16(8-12)23-7-6-22-15/h2-5,8-9H,6-7,10H2,1H3,(H,19,20,21). The largest absolute Gasteiger partial charge is 0.486 e. The average Bonchev–Trinajstić information content (AvgIpc) is 3.28. The van der Waals surface area contributed by atoms with Crippen LogP contribution in [0.2, 0.25) is 0 Å². The van der Waals surface area contributed by atoms with Crippen LogP contribution in [-0.2, 0) is 4.79 Å². The molecule has 8 heteroatoms. The molecule has 4 rings (SSSR count). The zero-order valence-corrected chi connectivity index (χ0v) is 15.6. The van der Waals surface area contributed by atoms with Gasteiger partial charge in [-0.15, -0.1) is 23.1 Å². The van der Waals surface area contributed by atoms with Gasteiger partial charge in [-0.3, -0.25) is 4.79 Å². The van der Waals surface area contributed by atoms with Crippen molar-refractivity contribution in [3.63, 3.8) is 0 Å². The molecule has 0 fully saturated rings. The number of aromatic nitrogens is 1. The molecular formula is C18H16N2O4S2. The SMILES string of the molecule is Cc1ccc(-c2csc(NC(=O)CSc3ccc4c(c3)OCCO4)n2)o1. The number of thiazole rings is 1. The van der Waals surface area contributed by atoms with Crippen LogP contribution in [0.15, 0.2) is 45.0 Å². The highest BCUT2D eigenvalue weighted by molar-refractivity contribution is 8.00. The molecule has 1 aliphatic rings. The first-order chi connectivity index (χ1) is 12.7. The minimum atomic E-state index is -0.110. The zero-order chi connectivity index (χ0) is 17.9. The maximum absolute atomic E-state index is 12.2. The summed E-state index contributed by atoms with van der Waals surface area (Å²) >= 11 is 2.81. The van der Waals surface area contributed by atoms with Crippen LogP contribution in [0.5, 0.6) is 11.5 Å². The Labute approximate surface area is 158 Å². The lowest BCUT2D eigenvalue weighted by Crippen LogP contribution is -2.15. The van der Waals surface area contributed by atoms with Gasteiger partial charge in [0.05, 0.1) is 5.75 Å². The van der Waals surface area contributed by atoms with Crippen molar-refractivity contribution in [2.75, 3.05) is 24.3 Å². The van der Waals surface area contributed by atoms with E-state index in [2.05, 4.69) is 10.3 Å². The number of benzene rings is 1. The van der Waals surface area contributed by atoms with E-state index in [1.807, 2.05) is 42.6 Å². The highest BCUT2D eigenvalue weighted by Gasteiger charge is 2.14. The maximum atomic E-state index is 12.2. The van der Waals surface area contributed by atoms with Gasteiger partial charge >= 0.3 is 0 Å². The lowest BCUT2D eigenvalue weighted by Gasteiger charge is -2.18. The summed E-state index contributed by atoms with van der Waals surface area (Å²) in [7, 11) is 0. The molecule has 0 bridgehead atoms. The number of fused-ring (bicyclic) bond motifs is 1. The number of hydrogen-bond acceptors (Lipinski definition) is 7. The number of aryl methyl sites for hydroxylation is 1. The average molecular weight is 388 g/mol. The van der Waals surface area contributed by atoms with Crippen molar-refractivity contribution in [1.29, 1.82) is 0 Å². The Morgan fingerprint density at radius 2 is 2.08 bits per heavy atom. The van der Waals surface area contributed by atoms with Gasteiger partial charge in [0.15, 0.2) is 22.4 Å². The molecule has 0 aliphatic carbocycles. The summed E-state index contributed by atoms with van der Waals surface area (Å²) in [6.07, 6.45) is 0. The predicted molar refractivity (Wildman–Crippen MR) is 101 cm³/mol. The first-order valence-corrected chi connectivity index (χ1v) is 9.88. The van der Waals surface area contributed by atoms with E-state index in [0.29, 0.717) is 24.1 Å². The summed E-state index contributed by atoms with van der Waals surface area (Å²) in [6, 6.07) is 9.44. The Morgan fingerprint density at radius 1 is 1.23 bits per heavy atom. The molecule has 0 saturated carbocycles. The normalized spacial score (nSPS) is 12.8. The molecule has 0 saturated heterocycles. The summed E-state index contributed by atoms with van der Waals surface area (Å²) in [5.74, 6) is 3.17. The third-order valence-electron chi connectivity index (χ3n) is 3.63. The Morgan fingerprint density at radius 3 is 2.88 bits per heavy atom. The molecule has 6 nitrogen and oxygen atoms in total. The number of rotatable bonds is 5. The van der Waals surface area contributed by atoms with Gasteiger partial charge in [0, 0.05) is 10.3 Å². The van der Waals surface area contributed by atoms with Crippen molar-refractivity contribution < 1.29 is 18.7 Å². The van der Waals surface area contributed by atoms with Crippen LogP contribution in [-0.4, -0.2) is 29.9 Å². The molecule has 1 aromatic carbocycles. The van der Waals surface area contributed by atoms with Gasteiger partial charge in [0.25, 0.3) is 0 Å². The number of amides is 1. The first-order valence-electron chi connectivity index (χ1n) is 8.02. The Bertz CT molecular complexity index is 935. The molecule has 1 aliphatic heterocycles. The number of carbonyl (C=O) groups is 1. The maximum Gasteiger partial charge on any atom is 0.236 e. The van der Waals surface area contributed by atoms with Gasteiger partial charge in [0.2, 0.25) is 5.91 Å². The number of thioether (sulfide) groups is 1. The second-order valence-corrected chi connectivity index (χ2v) is 7.50. The molecule has 26 heavy (non-hydrogen) atoms. The van der Waals surface area contributed by atoms with Crippen molar-refractivity contribution in [2.45, 2.75) is 11.8 Å². The molecule has 1 amide bonds. The van der Waals surface area contributed by atoms with E-state index in [-0.39, 0.29) is 11.7 Å². The van der Waals surface area contributed by atoms with Crippen LogP contribution in [0, 0.1) is 6.92 Å². The fourth-order valence-corrected chi connectivity index (χ4v) is 3.87. The van der Waals surface area contributed by atoms with E-state index in [9.17, 15) is 4.79 Å². The zero-order valence-electron chi connectivity index (χ0n) is 14.0. The first kappa shape index (κ1) is 17.0. The molecule has 3 aromatic rings. The molecule has 134 valence electrons. The number of ether oxygens (including phenoxy) is 2. The van der Waals surface area contributed by atoms with Crippen LogP contribution < -0.4 is 14.8 Å². The van der Waals surface area contributed by atoms with Crippen LogP contribution in [0.1, 0.15) is 5.76 Å². The summed E-state index contributed by atoms with van der Waals surface area (Å²) in [6.45, 7) is 2.99. The van der Waals surface area contributed by atoms with Crippen LogP contribution in [0.4, 0.5) is 5.13 Å². The van der Waals surface area contributed by atoms with Crippen LogP contribution in [0.25, 0.3) is 11.5 Å². The van der Waals surface area contributed by atoms with Gasteiger partial charge in [-0.25, -0.2) is 4.98 Å². The van der Waals surface area contributed by atoms with Crippen molar-refractivity contribution >= 4 is 34.1 Å². The van der Waals surface area contributed by atoms with Gasteiger partial charge in [-0.1, -0.05) is 0 Å². The van der Waals surface area contributed by atoms with Crippen molar-refractivity contribution in [1.82, 2.24) is 4.98 Å². The molecule has 0 atom stereocenters. The van der Waals surface area contributed by atoms with Crippen LogP contribution >= 0.6 is 23.1 Å². The lowest BCUT2D eigenvalue weighted by molar-refractivity contribution is -0.113. The smallest absolute Gasteiger partial charge is 0.236 e. The van der Waals surface area contributed by atoms with E-state index in [4.69, 9.17) is 13.9 Å². The number of nitrogens with zero attached hydrogens (tertiary/aromatic N) is 1. The Balaban J connectivity index is 1.34. The Kier molecular flexibility index (Phi) is 4.85. The number of nitrogens with one attached hydrogen (secondary N) is 1. The minimum absolute atomic E-state index is 0.110. The minimum Gasteiger partial charge on any atom is -0.486 e. The van der Waals surface area contributed by atoms with Gasteiger partial charge in [-0.05, 0) is 37.3 Å². The number of anilines is 1. The fraction of sp³-hybridized carbons (Fsp3) is 0.222. The van der Waals surface area contributed by atoms with E-state index < -0.39 is 0 Å². The number of hydrogen-bond donors (Lipinski definition) is 1. The highest BCUT2D eigenvalue weighted by atomic mass is 32.2. The highest BCUT2D eigenvalue weighted by Crippen LogP contribution is 2.34. The van der Waals surface area contributed by atoms with E-state index in [0.717, 1.165) is 27.8 Å². The van der Waals surface area contributed by atoms with Crippen LogP contribution in [0.3, 0.4) is 0 Å². The summed E-state index contributed by atoms with van der Waals surface area (Å²) in [5.41, 5.74) is 0.720. The van der Waals surface area contributed by atoms with Crippen molar-refractivity contribution in [3.05, 3.63) is 41.5 Å². The molecule has 0 radical (unpaired) electrons. The molecule has 1 N–H and O–H groups in total. The topological polar surface area (TPSA) is 73.6 Å². The molecule has 0 spiro atoms. The number of carbonyl (C=O) groups excluding carboxylic acids is 1. The fourth-order valence-electron chi connectivity index (χ4n) is 2.43. The molecular weight excluding hydrogens is 372 g/mol. The summed E-state index contributed by atoms with van der Waals surface area (Å²) in [5, 5.41) is 5.24. The number of furan rings is 1. The van der Waals surface area contributed by atoms with Crippen molar-refractivity contribution in [2.24, 2.45) is 0 Å². The van der Waals surface area contributed by atoms with Gasteiger partial charge in [-0.2, -0.15) is 0 Å². The quantitative estimate of drug-likeness (QED) is 0.660. The lowest BCUT2D eigenvalue weighted by atomic mass is 10.3. The summed E-state index contributed by atoms with van der Waals surface area (Å²) < 4.78 is 16.6. The molecule has 0 unspecified atom stereocenters. The van der Waals surface area contributed by atoms with E-state index in [1.54, 1.807) is 0 Å². The summed E-state index contributed by atoms with van der Waals surface area (Å²) in [4.78, 5) is 17.5. The van der Waals surface area contributed by atoms with Gasteiger partial charge < -0.3 is 19.2 Å².